The summed E-state index contributed by atoms with van der Waals surface area (Å²) in [5.41, 5.74) is 2.03. The minimum atomic E-state index is -4.12. The summed E-state index contributed by atoms with van der Waals surface area (Å²) in [4.78, 5) is 28.9. The summed E-state index contributed by atoms with van der Waals surface area (Å²) in [6, 6.07) is 19.5. The van der Waals surface area contributed by atoms with Crippen LogP contribution in [0.5, 0.6) is 0 Å². The lowest BCUT2D eigenvalue weighted by atomic mass is 9.95. The number of halogens is 2. The van der Waals surface area contributed by atoms with Crippen molar-refractivity contribution in [1.82, 2.24) is 10.2 Å². The molecular weight excluding hydrogens is 626 g/mol. The second-order valence-electron chi connectivity index (χ2n) is 10.5. The van der Waals surface area contributed by atoms with Crippen molar-refractivity contribution in [3.8, 4) is 0 Å². The van der Waals surface area contributed by atoms with Crippen LogP contribution in [0.1, 0.15) is 50.2 Å². The highest BCUT2D eigenvalue weighted by molar-refractivity contribution is 9.10. The Bertz CT molecular complexity index is 1440. The van der Waals surface area contributed by atoms with Crippen molar-refractivity contribution in [1.29, 1.82) is 0 Å². The van der Waals surface area contributed by atoms with Gasteiger partial charge in [0, 0.05) is 22.1 Å². The number of carbonyl (C=O) groups is 2. The van der Waals surface area contributed by atoms with E-state index in [1.54, 1.807) is 43.3 Å². The Labute approximate surface area is 256 Å². The molecule has 7 nitrogen and oxygen atoms in total. The van der Waals surface area contributed by atoms with Crippen molar-refractivity contribution in [3.63, 3.8) is 0 Å². The molecule has 1 N–H and O–H groups in total. The molecule has 3 aromatic rings. The largest absolute Gasteiger partial charge is 0.352 e. The number of hydrogen-bond donors (Lipinski definition) is 1. The smallest absolute Gasteiger partial charge is 0.264 e. The van der Waals surface area contributed by atoms with E-state index in [1.807, 2.05) is 31.2 Å². The van der Waals surface area contributed by atoms with Gasteiger partial charge < -0.3 is 10.2 Å². The fourth-order valence-electron chi connectivity index (χ4n) is 4.91. The summed E-state index contributed by atoms with van der Waals surface area (Å²) in [5.74, 6) is -0.744. The number of anilines is 1. The molecule has 3 aromatic carbocycles. The monoisotopic (exact) mass is 659 g/mol. The van der Waals surface area contributed by atoms with Crippen molar-refractivity contribution in [2.75, 3.05) is 10.8 Å². The van der Waals surface area contributed by atoms with E-state index in [1.165, 1.54) is 17.0 Å². The third-order valence-corrected chi connectivity index (χ3v) is 9.96. The number of aryl methyl sites for hydroxylation is 1. The molecule has 0 aromatic heterocycles. The number of nitrogens with zero attached hydrogens (tertiary/aromatic N) is 2. The molecule has 0 spiro atoms. The molecule has 0 radical (unpaired) electrons. The Morgan fingerprint density at radius 3 is 2.17 bits per heavy atom. The van der Waals surface area contributed by atoms with Crippen molar-refractivity contribution in [2.45, 2.75) is 69.5 Å². The molecule has 1 aliphatic rings. The van der Waals surface area contributed by atoms with Crippen LogP contribution in [0.2, 0.25) is 5.02 Å². The van der Waals surface area contributed by atoms with Crippen molar-refractivity contribution in [3.05, 3.63) is 93.4 Å². The maximum atomic E-state index is 14.0. The zero-order valence-electron chi connectivity index (χ0n) is 23.2. The predicted octanol–water partition coefficient (Wildman–Crippen LogP) is 6.47. The Hall–Kier alpha value is -2.88. The van der Waals surface area contributed by atoms with Gasteiger partial charge >= 0.3 is 0 Å². The van der Waals surface area contributed by atoms with E-state index in [0.29, 0.717) is 10.7 Å². The van der Waals surface area contributed by atoms with Gasteiger partial charge in [0.05, 0.1) is 10.6 Å². The molecule has 2 amide bonds. The first-order valence-electron chi connectivity index (χ1n) is 13.7. The van der Waals surface area contributed by atoms with Gasteiger partial charge in [-0.1, -0.05) is 76.6 Å². The summed E-state index contributed by atoms with van der Waals surface area (Å²) < 4.78 is 29.7. The third kappa shape index (κ3) is 8.11. The minimum Gasteiger partial charge on any atom is -0.352 e. The van der Waals surface area contributed by atoms with Gasteiger partial charge in [-0.2, -0.15) is 0 Å². The second-order valence-corrected chi connectivity index (χ2v) is 13.7. The standard InChI is InChI=1S/C31H35BrClN3O4S/c1-22-8-18-29(19-9-22)41(39,40)36(28-16-14-26(33)15-17-28)21-30(37)35(20-24-10-12-25(32)13-11-24)23(2)31(38)34-27-6-4-3-5-7-27/h8-19,23,27H,3-7,20-21H2,1-2H3,(H,34,38)/t23-/m1/s1. The van der Waals surface area contributed by atoms with Gasteiger partial charge in [-0.3, -0.25) is 13.9 Å². The van der Waals surface area contributed by atoms with Gasteiger partial charge in [0.25, 0.3) is 10.0 Å². The molecular formula is C31H35BrClN3O4S. The van der Waals surface area contributed by atoms with E-state index in [-0.39, 0.29) is 23.4 Å². The highest BCUT2D eigenvalue weighted by Gasteiger charge is 2.33. The molecule has 0 bridgehead atoms. The summed E-state index contributed by atoms with van der Waals surface area (Å²) >= 11 is 9.52. The average Bonchev–Trinajstić information content (AvgIpc) is 2.96. The maximum absolute atomic E-state index is 14.0. The quantitative estimate of drug-likeness (QED) is 0.270. The Balaban J connectivity index is 1.66. The fourth-order valence-corrected chi connectivity index (χ4v) is 6.72. The topological polar surface area (TPSA) is 86.8 Å². The van der Waals surface area contributed by atoms with Crippen molar-refractivity contribution in [2.24, 2.45) is 0 Å². The second kappa shape index (κ2) is 13.9. The van der Waals surface area contributed by atoms with Gasteiger partial charge in [0.1, 0.15) is 12.6 Å². The van der Waals surface area contributed by atoms with Crippen molar-refractivity contribution >= 4 is 55.1 Å². The Kier molecular flexibility index (Phi) is 10.5. The SMILES string of the molecule is Cc1ccc(S(=O)(=O)N(CC(=O)N(Cc2ccc(Br)cc2)[C@H](C)C(=O)NC2CCCCC2)c2ccc(Cl)cc2)cc1. The molecule has 1 atom stereocenters. The van der Waals surface area contributed by atoms with Crippen LogP contribution in [0, 0.1) is 6.92 Å². The molecule has 0 unspecified atom stereocenters. The van der Waals surface area contributed by atoms with Crippen LogP contribution >= 0.6 is 27.5 Å². The molecule has 1 fully saturated rings. The van der Waals surface area contributed by atoms with Crippen LogP contribution < -0.4 is 9.62 Å². The normalized spacial score (nSPS) is 14.7. The lowest BCUT2D eigenvalue weighted by Crippen LogP contribution is -2.53. The Morgan fingerprint density at radius 2 is 1.56 bits per heavy atom. The van der Waals surface area contributed by atoms with Crippen LogP contribution in [0.15, 0.2) is 82.2 Å². The lowest BCUT2D eigenvalue weighted by molar-refractivity contribution is -0.139. The number of rotatable bonds is 10. The number of nitrogens with one attached hydrogen (secondary N) is 1. The zero-order chi connectivity index (χ0) is 29.6. The average molecular weight is 661 g/mol. The zero-order valence-corrected chi connectivity index (χ0v) is 26.4. The van der Waals surface area contributed by atoms with E-state index in [2.05, 4.69) is 21.2 Å². The van der Waals surface area contributed by atoms with E-state index in [4.69, 9.17) is 11.6 Å². The van der Waals surface area contributed by atoms with Gasteiger partial charge in [-0.15, -0.1) is 0 Å². The lowest BCUT2D eigenvalue weighted by Gasteiger charge is -2.33. The summed E-state index contributed by atoms with van der Waals surface area (Å²) in [6.07, 6.45) is 5.12. The minimum absolute atomic E-state index is 0.0633. The molecule has 0 heterocycles. The van der Waals surface area contributed by atoms with E-state index < -0.39 is 28.5 Å². The van der Waals surface area contributed by atoms with Crippen molar-refractivity contribution < 1.29 is 18.0 Å². The molecule has 10 heteroatoms. The van der Waals surface area contributed by atoms with Crippen LogP contribution in [0.4, 0.5) is 5.69 Å². The molecule has 4 rings (SSSR count). The summed E-state index contributed by atoms with van der Waals surface area (Å²) in [7, 11) is -4.12. The maximum Gasteiger partial charge on any atom is 0.264 e. The molecule has 41 heavy (non-hydrogen) atoms. The van der Waals surface area contributed by atoms with E-state index in [0.717, 1.165) is 52.0 Å². The number of carbonyl (C=O) groups excluding carboxylic acids is 2. The summed E-state index contributed by atoms with van der Waals surface area (Å²) in [5, 5.41) is 3.56. The summed E-state index contributed by atoms with van der Waals surface area (Å²) in [6.45, 7) is 3.21. The number of amides is 2. The fraction of sp³-hybridized carbons (Fsp3) is 0.355. The van der Waals surface area contributed by atoms with E-state index in [9.17, 15) is 18.0 Å². The van der Waals surface area contributed by atoms with Crippen LogP contribution in [-0.2, 0) is 26.2 Å². The number of benzene rings is 3. The van der Waals surface area contributed by atoms with Gasteiger partial charge in [-0.05, 0) is 80.8 Å². The Morgan fingerprint density at radius 1 is 0.951 bits per heavy atom. The number of hydrogen-bond acceptors (Lipinski definition) is 4. The van der Waals surface area contributed by atoms with Crippen LogP contribution in [-0.4, -0.2) is 43.8 Å². The molecule has 1 saturated carbocycles. The highest BCUT2D eigenvalue weighted by Crippen LogP contribution is 2.26. The molecule has 0 saturated heterocycles. The van der Waals surface area contributed by atoms with Gasteiger partial charge in [0.2, 0.25) is 11.8 Å². The first-order chi connectivity index (χ1) is 19.5. The first-order valence-corrected chi connectivity index (χ1v) is 16.3. The highest BCUT2D eigenvalue weighted by atomic mass is 79.9. The van der Waals surface area contributed by atoms with Crippen LogP contribution in [0.25, 0.3) is 0 Å². The third-order valence-electron chi connectivity index (χ3n) is 7.39. The van der Waals surface area contributed by atoms with Gasteiger partial charge in [-0.25, -0.2) is 8.42 Å². The first kappa shape index (κ1) is 31.1. The van der Waals surface area contributed by atoms with E-state index >= 15 is 0 Å². The number of sulfonamides is 1. The molecule has 1 aliphatic carbocycles. The predicted molar refractivity (Wildman–Crippen MR) is 166 cm³/mol. The molecule has 218 valence electrons. The molecule has 0 aliphatic heterocycles. The van der Waals surface area contributed by atoms with Crippen LogP contribution in [0.3, 0.4) is 0 Å². The van der Waals surface area contributed by atoms with Gasteiger partial charge in [0.15, 0.2) is 0 Å².